The number of fused-ring (bicyclic) bond motifs is 1. The van der Waals surface area contributed by atoms with E-state index in [-0.39, 0.29) is 28.9 Å². The molecule has 2 N–H and O–H groups in total. The van der Waals surface area contributed by atoms with Crippen LogP contribution in [-0.4, -0.2) is 23.1 Å². The van der Waals surface area contributed by atoms with Crippen molar-refractivity contribution in [3.63, 3.8) is 0 Å². The standard InChI is InChI=1S/C15H20O4/c1-5-9-11(19-4)6-10-12(15(9)18)14(17)8(3)7(2)13(10)16/h6-8,13,16,18H,5H2,1-4H3/t7-,8-,13-/m1/s1. The van der Waals surface area contributed by atoms with E-state index in [1.165, 1.54) is 7.11 Å². The summed E-state index contributed by atoms with van der Waals surface area (Å²) in [6.45, 7) is 5.52. The molecule has 1 aromatic rings. The molecule has 0 aromatic heterocycles. The number of benzene rings is 1. The third-order valence-corrected chi connectivity index (χ3v) is 4.23. The zero-order valence-corrected chi connectivity index (χ0v) is 11.7. The van der Waals surface area contributed by atoms with Crippen LogP contribution in [0.5, 0.6) is 11.5 Å². The first kappa shape index (κ1) is 13.9. The second kappa shape index (κ2) is 4.85. The number of hydrogen-bond acceptors (Lipinski definition) is 4. The number of phenols is 1. The largest absolute Gasteiger partial charge is 0.507 e. The molecule has 0 aliphatic heterocycles. The van der Waals surface area contributed by atoms with Gasteiger partial charge in [0.15, 0.2) is 5.78 Å². The molecule has 0 bridgehead atoms. The van der Waals surface area contributed by atoms with Crippen LogP contribution < -0.4 is 4.74 Å². The van der Waals surface area contributed by atoms with Crippen molar-refractivity contribution in [1.29, 1.82) is 0 Å². The Balaban J connectivity index is 2.74. The van der Waals surface area contributed by atoms with Gasteiger partial charge in [-0.25, -0.2) is 0 Å². The number of ketones is 1. The first-order valence-corrected chi connectivity index (χ1v) is 6.59. The van der Waals surface area contributed by atoms with E-state index < -0.39 is 6.10 Å². The molecule has 1 aromatic carbocycles. The lowest BCUT2D eigenvalue weighted by Gasteiger charge is -2.33. The number of ether oxygens (including phenoxy) is 1. The highest BCUT2D eigenvalue weighted by molar-refractivity contribution is 6.03. The molecule has 104 valence electrons. The minimum Gasteiger partial charge on any atom is -0.507 e. The smallest absolute Gasteiger partial charge is 0.170 e. The summed E-state index contributed by atoms with van der Waals surface area (Å²) in [5, 5.41) is 20.6. The Labute approximate surface area is 113 Å². The molecule has 0 saturated heterocycles. The molecule has 0 unspecified atom stereocenters. The fraction of sp³-hybridized carbons (Fsp3) is 0.533. The van der Waals surface area contributed by atoms with E-state index in [2.05, 4.69) is 0 Å². The molecule has 2 rings (SSSR count). The van der Waals surface area contributed by atoms with Gasteiger partial charge >= 0.3 is 0 Å². The summed E-state index contributed by atoms with van der Waals surface area (Å²) in [6, 6.07) is 1.68. The van der Waals surface area contributed by atoms with Gasteiger partial charge in [0.1, 0.15) is 11.5 Å². The topological polar surface area (TPSA) is 66.8 Å². The van der Waals surface area contributed by atoms with Gasteiger partial charge in [0.05, 0.1) is 18.8 Å². The van der Waals surface area contributed by atoms with Gasteiger partial charge in [-0.3, -0.25) is 4.79 Å². The Morgan fingerprint density at radius 1 is 1.37 bits per heavy atom. The minimum atomic E-state index is -0.756. The average Bonchev–Trinajstić information content (AvgIpc) is 2.41. The highest BCUT2D eigenvalue weighted by atomic mass is 16.5. The second-order valence-corrected chi connectivity index (χ2v) is 5.18. The van der Waals surface area contributed by atoms with E-state index in [0.29, 0.717) is 23.3 Å². The predicted molar refractivity (Wildman–Crippen MR) is 71.7 cm³/mol. The van der Waals surface area contributed by atoms with Gasteiger partial charge in [0.2, 0.25) is 0 Å². The van der Waals surface area contributed by atoms with Crippen molar-refractivity contribution in [2.45, 2.75) is 33.3 Å². The lowest BCUT2D eigenvalue weighted by atomic mass is 9.74. The lowest BCUT2D eigenvalue weighted by Crippen LogP contribution is -2.31. The quantitative estimate of drug-likeness (QED) is 0.861. The van der Waals surface area contributed by atoms with Gasteiger partial charge < -0.3 is 14.9 Å². The van der Waals surface area contributed by atoms with Crippen molar-refractivity contribution in [1.82, 2.24) is 0 Å². The number of aliphatic hydroxyl groups excluding tert-OH is 1. The number of methoxy groups -OCH3 is 1. The van der Waals surface area contributed by atoms with Crippen LogP contribution in [0.4, 0.5) is 0 Å². The van der Waals surface area contributed by atoms with Gasteiger partial charge in [-0.15, -0.1) is 0 Å². The molecule has 0 amide bonds. The zero-order chi connectivity index (χ0) is 14.3. The van der Waals surface area contributed by atoms with Crippen LogP contribution in [0.1, 0.15) is 48.4 Å². The number of phenolic OH excluding ortho intramolecular Hbond substituents is 1. The molecule has 1 aliphatic rings. The molecule has 19 heavy (non-hydrogen) atoms. The van der Waals surface area contributed by atoms with Crippen LogP contribution in [0, 0.1) is 11.8 Å². The van der Waals surface area contributed by atoms with Crippen molar-refractivity contribution in [2.75, 3.05) is 7.11 Å². The summed E-state index contributed by atoms with van der Waals surface area (Å²) < 4.78 is 5.25. The van der Waals surface area contributed by atoms with E-state index >= 15 is 0 Å². The Bertz CT molecular complexity index is 521. The highest BCUT2D eigenvalue weighted by Crippen LogP contribution is 2.45. The fourth-order valence-electron chi connectivity index (χ4n) is 2.74. The van der Waals surface area contributed by atoms with Gasteiger partial charge in [-0.05, 0) is 24.0 Å². The third-order valence-electron chi connectivity index (χ3n) is 4.23. The van der Waals surface area contributed by atoms with E-state index in [9.17, 15) is 15.0 Å². The Morgan fingerprint density at radius 3 is 2.53 bits per heavy atom. The summed E-state index contributed by atoms with van der Waals surface area (Å²) in [7, 11) is 1.52. The van der Waals surface area contributed by atoms with Crippen LogP contribution in [0.3, 0.4) is 0 Å². The van der Waals surface area contributed by atoms with E-state index in [1.54, 1.807) is 13.0 Å². The van der Waals surface area contributed by atoms with Crippen LogP contribution in [0.25, 0.3) is 0 Å². The SMILES string of the molecule is CCc1c(OC)cc2c(c1O)C(=O)[C@H](C)[C@@H](C)[C@H]2O. The van der Waals surface area contributed by atoms with E-state index in [4.69, 9.17) is 4.74 Å². The number of Topliss-reactive ketones (excluding diaryl/α,β-unsaturated/α-hetero) is 1. The van der Waals surface area contributed by atoms with Crippen LogP contribution in [0.15, 0.2) is 6.07 Å². The summed E-state index contributed by atoms with van der Waals surface area (Å²) >= 11 is 0. The molecule has 4 nitrogen and oxygen atoms in total. The van der Waals surface area contributed by atoms with Crippen molar-refractivity contribution in [3.8, 4) is 11.5 Å². The number of aromatic hydroxyl groups is 1. The maximum atomic E-state index is 12.3. The maximum absolute atomic E-state index is 12.3. The Kier molecular flexibility index (Phi) is 3.54. The molecule has 3 atom stereocenters. The molecular weight excluding hydrogens is 244 g/mol. The normalized spacial score (nSPS) is 26.2. The second-order valence-electron chi connectivity index (χ2n) is 5.18. The Morgan fingerprint density at radius 2 is 2.00 bits per heavy atom. The van der Waals surface area contributed by atoms with E-state index in [0.717, 1.165) is 0 Å². The monoisotopic (exact) mass is 264 g/mol. The highest BCUT2D eigenvalue weighted by Gasteiger charge is 2.39. The maximum Gasteiger partial charge on any atom is 0.170 e. The number of carbonyl (C=O) groups excluding carboxylic acids is 1. The van der Waals surface area contributed by atoms with Crippen LogP contribution >= 0.6 is 0 Å². The van der Waals surface area contributed by atoms with Crippen molar-refractivity contribution in [3.05, 3.63) is 22.8 Å². The van der Waals surface area contributed by atoms with Gasteiger partial charge in [-0.2, -0.15) is 0 Å². The Hall–Kier alpha value is -1.55. The zero-order valence-electron chi connectivity index (χ0n) is 11.7. The van der Waals surface area contributed by atoms with Crippen LogP contribution in [-0.2, 0) is 6.42 Å². The van der Waals surface area contributed by atoms with Gasteiger partial charge in [0, 0.05) is 11.5 Å². The van der Waals surface area contributed by atoms with Gasteiger partial charge in [0.25, 0.3) is 0 Å². The summed E-state index contributed by atoms with van der Waals surface area (Å²) in [4.78, 5) is 12.3. The molecule has 0 heterocycles. The van der Waals surface area contributed by atoms with Crippen molar-refractivity contribution < 1.29 is 19.7 Å². The van der Waals surface area contributed by atoms with Crippen molar-refractivity contribution in [2.24, 2.45) is 11.8 Å². The van der Waals surface area contributed by atoms with E-state index in [1.807, 2.05) is 13.8 Å². The van der Waals surface area contributed by atoms with Crippen molar-refractivity contribution >= 4 is 5.78 Å². The summed E-state index contributed by atoms with van der Waals surface area (Å²) in [6.07, 6.45) is -0.191. The lowest BCUT2D eigenvalue weighted by molar-refractivity contribution is 0.0562. The van der Waals surface area contributed by atoms with Gasteiger partial charge in [-0.1, -0.05) is 20.8 Å². The molecule has 0 saturated carbocycles. The third kappa shape index (κ3) is 1.91. The summed E-state index contributed by atoms with van der Waals surface area (Å²) in [5.74, 6) is -0.0993. The molecule has 4 heteroatoms. The molecule has 0 radical (unpaired) electrons. The number of aliphatic hydroxyl groups is 1. The first-order chi connectivity index (χ1) is 8.93. The molecule has 1 aliphatic carbocycles. The predicted octanol–water partition coefficient (Wildman–Crippen LogP) is 2.47. The number of hydrogen-bond donors (Lipinski definition) is 2. The molecule has 0 fully saturated rings. The number of rotatable bonds is 2. The number of carbonyl (C=O) groups is 1. The first-order valence-electron chi connectivity index (χ1n) is 6.59. The fourth-order valence-corrected chi connectivity index (χ4v) is 2.74. The summed E-state index contributed by atoms with van der Waals surface area (Å²) in [5.41, 5.74) is 1.35. The minimum absolute atomic E-state index is 0.0420. The van der Waals surface area contributed by atoms with Crippen LogP contribution in [0.2, 0.25) is 0 Å². The molecule has 0 spiro atoms. The molecular formula is C15H20O4. The average molecular weight is 264 g/mol.